The maximum absolute atomic E-state index is 12.3. The highest BCUT2D eigenvalue weighted by molar-refractivity contribution is 9.10. The maximum Gasteiger partial charge on any atom is 0.265 e. The van der Waals surface area contributed by atoms with Crippen LogP contribution in [0.15, 0.2) is 40.9 Å². The van der Waals surface area contributed by atoms with Crippen molar-refractivity contribution in [3.8, 4) is 5.75 Å². The van der Waals surface area contributed by atoms with E-state index in [4.69, 9.17) is 4.74 Å². The molecule has 21 heavy (non-hydrogen) atoms. The van der Waals surface area contributed by atoms with E-state index in [1.807, 2.05) is 44.2 Å². The third kappa shape index (κ3) is 2.68. The second kappa shape index (κ2) is 5.53. The first-order valence-corrected chi connectivity index (χ1v) is 7.63. The van der Waals surface area contributed by atoms with E-state index in [0.717, 1.165) is 32.6 Å². The van der Waals surface area contributed by atoms with E-state index < -0.39 is 0 Å². The van der Waals surface area contributed by atoms with Gasteiger partial charge in [0.15, 0.2) is 6.61 Å². The Balaban J connectivity index is 2.04. The lowest BCUT2D eigenvalue weighted by Crippen LogP contribution is -2.38. The van der Waals surface area contributed by atoms with Crippen LogP contribution < -0.4 is 9.64 Å². The van der Waals surface area contributed by atoms with Crippen LogP contribution in [0.5, 0.6) is 5.75 Å². The summed E-state index contributed by atoms with van der Waals surface area (Å²) in [5.74, 6) is 0.801. The molecule has 1 heterocycles. The number of amides is 1. The molecule has 1 aliphatic rings. The summed E-state index contributed by atoms with van der Waals surface area (Å²) < 4.78 is 6.63. The van der Waals surface area contributed by atoms with E-state index in [9.17, 15) is 4.79 Å². The number of halogens is 1. The van der Waals surface area contributed by atoms with Crippen LogP contribution in [-0.2, 0) is 11.3 Å². The molecule has 0 saturated carbocycles. The second-order valence-electron chi connectivity index (χ2n) is 5.29. The van der Waals surface area contributed by atoms with Crippen LogP contribution in [0.1, 0.15) is 16.7 Å². The molecule has 2 aromatic carbocycles. The number of anilines is 1. The van der Waals surface area contributed by atoms with Gasteiger partial charge in [-0.2, -0.15) is 0 Å². The predicted octanol–water partition coefficient (Wildman–Crippen LogP) is 3.99. The molecule has 4 heteroatoms. The van der Waals surface area contributed by atoms with E-state index in [0.29, 0.717) is 6.54 Å². The van der Waals surface area contributed by atoms with Gasteiger partial charge in [0.05, 0.1) is 12.2 Å². The van der Waals surface area contributed by atoms with Crippen LogP contribution in [-0.4, -0.2) is 12.5 Å². The van der Waals surface area contributed by atoms with Gasteiger partial charge in [-0.15, -0.1) is 0 Å². The largest absolute Gasteiger partial charge is 0.481 e. The zero-order valence-corrected chi connectivity index (χ0v) is 13.6. The van der Waals surface area contributed by atoms with Crippen LogP contribution in [0.4, 0.5) is 5.69 Å². The minimum absolute atomic E-state index is 0.0109. The van der Waals surface area contributed by atoms with Gasteiger partial charge in [-0.3, -0.25) is 4.79 Å². The molecule has 0 bridgehead atoms. The number of benzene rings is 2. The number of nitrogens with zero attached hydrogens (tertiary/aromatic N) is 1. The Labute approximate surface area is 132 Å². The average molecular weight is 346 g/mol. The van der Waals surface area contributed by atoms with Crippen LogP contribution in [0, 0.1) is 13.8 Å². The first-order chi connectivity index (χ1) is 10.1. The number of fused-ring (bicyclic) bond motifs is 1. The normalized spacial score (nSPS) is 13.9. The lowest BCUT2D eigenvalue weighted by atomic mass is 10.1. The van der Waals surface area contributed by atoms with Crippen molar-refractivity contribution in [2.45, 2.75) is 20.4 Å². The summed E-state index contributed by atoms with van der Waals surface area (Å²) in [7, 11) is 0. The fraction of sp³-hybridized carbons (Fsp3) is 0.235. The molecule has 0 N–H and O–H groups in total. The van der Waals surface area contributed by atoms with E-state index in [-0.39, 0.29) is 12.5 Å². The molecule has 0 fully saturated rings. The quantitative estimate of drug-likeness (QED) is 0.823. The third-order valence-electron chi connectivity index (χ3n) is 3.62. The zero-order chi connectivity index (χ0) is 15.0. The number of hydrogen-bond donors (Lipinski definition) is 0. The van der Waals surface area contributed by atoms with Crippen molar-refractivity contribution in [1.29, 1.82) is 0 Å². The van der Waals surface area contributed by atoms with Crippen LogP contribution in [0.3, 0.4) is 0 Å². The Hall–Kier alpha value is -1.81. The standard InChI is InChI=1S/C17H16BrNO2/c1-11-7-12(2)17-15(8-11)19(16(20)10-21-17)9-13-5-3-4-6-14(13)18/h3-8H,9-10H2,1-2H3. The highest BCUT2D eigenvalue weighted by Gasteiger charge is 2.27. The Kier molecular flexibility index (Phi) is 3.72. The third-order valence-corrected chi connectivity index (χ3v) is 4.39. The Bertz CT molecular complexity index is 712. The molecule has 2 aromatic rings. The minimum atomic E-state index is -0.0109. The lowest BCUT2D eigenvalue weighted by molar-refractivity contribution is -0.121. The van der Waals surface area contributed by atoms with Gasteiger partial charge in [0.1, 0.15) is 5.75 Å². The van der Waals surface area contributed by atoms with Gasteiger partial charge >= 0.3 is 0 Å². The monoisotopic (exact) mass is 345 g/mol. The maximum atomic E-state index is 12.3. The zero-order valence-electron chi connectivity index (χ0n) is 12.0. The fourth-order valence-electron chi connectivity index (χ4n) is 2.64. The summed E-state index contributed by atoms with van der Waals surface area (Å²) in [4.78, 5) is 14.1. The van der Waals surface area contributed by atoms with Gasteiger partial charge in [-0.25, -0.2) is 0 Å². The number of hydrogen-bond acceptors (Lipinski definition) is 2. The van der Waals surface area contributed by atoms with Crippen molar-refractivity contribution in [2.24, 2.45) is 0 Å². The fourth-order valence-corrected chi connectivity index (χ4v) is 3.05. The van der Waals surface area contributed by atoms with Gasteiger partial charge in [0, 0.05) is 4.47 Å². The van der Waals surface area contributed by atoms with Crippen molar-refractivity contribution in [2.75, 3.05) is 11.5 Å². The molecule has 0 aromatic heterocycles. The van der Waals surface area contributed by atoms with E-state index in [1.54, 1.807) is 4.90 Å². The molecular weight excluding hydrogens is 330 g/mol. The molecule has 0 saturated heterocycles. The Morgan fingerprint density at radius 1 is 1.24 bits per heavy atom. The smallest absolute Gasteiger partial charge is 0.265 e. The molecular formula is C17H16BrNO2. The summed E-state index contributed by atoms with van der Waals surface area (Å²) in [6.07, 6.45) is 0. The molecule has 1 amide bonds. The Morgan fingerprint density at radius 2 is 2.00 bits per heavy atom. The van der Waals surface area contributed by atoms with Crippen molar-refractivity contribution in [3.63, 3.8) is 0 Å². The summed E-state index contributed by atoms with van der Waals surface area (Å²) in [5.41, 5.74) is 4.13. The van der Waals surface area contributed by atoms with Crippen LogP contribution in [0.25, 0.3) is 0 Å². The number of aryl methyl sites for hydroxylation is 2. The summed E-state index contributed by atoms with van der Waals surface area (Å²) >= 11 is 3.54. The van der Waals surface area contributed by atoms with Crippen LogP contribution >= 0.6 is 15.9 Å². The molecule has 0 atom stereocenters. The van der Waals surface area contributed by atoms with Crippen molar-refractivity contribution in [3.05, 3.63) is 57.6 Å². The molecule has 3 nitrogen and oxygen atoms in total. The molecule has 108 valence electrons. The van der Waals surface area contributed by atoms with Crippen molar-refractivity contribution >= 4 is 27.5 Å². The van der Waals surface area contributed by atoms with E-state index in [1.165, 1.54) is 0 Å². The summed E-state index contributed by atoms with van der Waals surface area (Å²) in [6.45, 7) is 4.68. The van der Waals surface area contributed by atoms with Crippen molar-refractivity contribution < 1.29 is 9.53 Å². The van der Waals surface area contributed by atoms with Gasteiger partial charge in [0.25, 0.3) is 5.91 Å². The summed E-state index contributed by atoms with van der Waals surface area (Å²) in [6, 6.07) is 12.0. The number of carbonyl (C=O) groups excluding carboxylic acids is 1. The topological polar surface area (TPSA) is 29.5 Å². The first kappa shape index (κ1) is 14.1. The number of carbonyl (C=O) groups is 1. The average Bonchev–Trinajstić information content (AvgIpc) is 2.44. The molecule has 1 aliphatic heterocycles. The molecule has 0 unspecified atom stereocenters. The molecule has 0 spiro atoms. The molecule has 0 radical (unpaired) electrons. The predicted molar refractivity (Wildman–Crippen MR) is 86.7 cm³/mol. The SMILES string of the molecule is Cc1cc(C)c2c(c1)N(Cc1ccccc1Br)C(=O)CO2. The summed E-state index contributed by atoms with van der Waals surface area (Å²) in [5, 5.41) is 0. The second-order valence-corrected chi connectivity index (χ2v) is 6.14. The first-order valence-electron chi connectivity index (χ1n) is 6.84. The van der Waals surface area contributed by atoms with E-state index >= 15 is 0 Å². The highest BCUT2D eigenvalue weighted by Crippen LogP contribution is 2.37. The molecule has 3 rings (SSSR count). The number of rotatable bonds is 2. The minimum Gasteiger partial charge on any atom is -0.481 e. The van der Waals surface area contributed by atoms with Gasteiger partial charge < -0.3 is 9.64 Å². The highest BCUT2D eigenvalue weighted by atomic mass is 79.9. The molecule has 0 aliphatic carbocycles. The van der Waals surface area contributed by atoms with Gasteiger partial charge in [0.2, 0.25) is 0 Å². The lowest BCUT2D eigenvalue weighted by Gasteiger charge is -2.31. The van der Waals surface area contributed by atoms with Crippen LogP contribution in [0.2, 0.25) is 0 Å². The number of ether oxygens (including phenoxy) is 1. The van der Waals surface area contributed by atoms with Gasteiger partial charge in [-0.05, 0) is 42.7 Å². The Morgan fingerprint density at radius 3 is 2.76 bits per heavy atom. The van der Waals surface area contributed by atoms with Gasteiger partial charge in [-0.1, -0.05) is 40.2 Å². The van der Waals surface area contributed by atoms with E-state index in [2.05, 4.69) is 22.0 Å². The van der Waals surface area contributed by atoms with Crippen molar-refractivity contribution in [1.82, 2.24) is 0 Å².